The van der Waals surface area contributed by atoms with E-state index < -0.39 is 27.8 Å². The Morgan fingerprint density at radius 1 is 1.06 bits per heavy atom. The molecule has 4 aromatic rings. The van der Waals surface area contributed by atoms with Gasteiger partial charge in [-0.3, -0.25) is 4.31 Å². The molecule has 2 heterocycles. The van der Waals surface area contributed by atoms with Crippen LogP contribution < -0.4 is 9.04 Å². The van der Waals surface area contributed by atoms with Gasteiger partial charge in [0.15, 0.2) is 5.03 Å². The van der Waals surface area contributed by atoms with Gasteiger partial charge in [0.1, 0.15) is 12.4 Å². The number of nitrogens with zero attached hydrogens (tertiary/aromatic N) is 5. The Morgan fingerprint density at radius 2 is 1.81 bits per heavy atom. The number of aromatic nitrogens is 5. The summed E-state index contributed by atoms with van der Waals surface area (Å²) in [7, 11) is -4.20. The molecule has 0 saturated carbocycles. The molecule has 0 aliphatic rings. The van der Waals surface area contributed by atoms with Crippen molar-refractivity contribution in [3.8, 4) is 17.1 Å². The average Bonchev–Trinajstić information content (AvgIpc) is 3.38. The molecule has 0 radical (unpaired) electrons. The number of H-pyrrole nitrogens is 1. The van der Waals surface area contributed by atoms with Gasteiger partial charge in [-0.05, 0) is 55.0 Å². The topological polar surface area (TPSA) is 114 Å². The van der Waals surface area contributed by atoms with E-state index in [1.807, 2.05) is 0 Å². The third-order valence-electron chi connectivity index (χ3n) is 5.11. The van der Waals surface area contributed by atoms with Crippen LogP contribution in [0.25, 0.3) is 11.4 Å². The molecule has 0 atom stereocenters. The largest absolute Gasteiger partial charge is 0.487 e. The van der Waals surface area contributed by atoms with Crippen LogP contribution in [0.15, 0.2) is 71.9 Å². The Labute approximate surface area is 205 Å². The van der Waals surface area contributed by atoms with E-state index in [0.717, 1.165) is 22.5 Å². The van der Waals surface area contributed by atoms with E-state index >= 15 is 0 Å². The molecule has 0 aliphatic heterocycles. The van der Waals surface area contributed by atoms with Crippen LogP contribution in [-0.2, 0) is 22.8 Å². The highest BCUT2D eigenvalue weighted by Gasteiger charge is 2.35. The first kappa shape index (κ1) is 25.1. The molecule has 4 rings (SSSR count). The normalized spacial score (nSPS) is 12.1. The molecule has 0 saturated heterocycles. The number of alkyl halides is 3. The predicted octanol–water partition coefficient (Wildman–Crippen LogP) is 4.46. The van der Waals surface area contributed by atoms with Crippen LogP contribution in [0.1, 0.15) is 25.0 Å². The van der Waals surface area contributed by atoms with Gasteiger partial charge in [-0.25, -0.2) is 4.98 Å². The third kappa shape index (κ3) is 5.30. The molecule has 13 heteroatoms. The summed E-state index contributed by atoms with van der Waals surface area (Å²) < 4.78 is 74.0. The quantitative estimate of drug-likeness (QED) is 0.366. The van der Waals surface area contributed by atoms with E-state index in [1.165, 1.54) is 18.3 Å². The molecule has 0 bridgehead atoms. The summed E-state index contributed by atoms with van der Waals surface area (Å²) >= 11 is 0. The second-order valence-corrected chi connectivity index (χ2v) is 9.73. The minimum absolute atomic E-state index is 0.0351. The van der Waals surface area contributed by atoms with Crippen molar-refractivity contribution in [3.05, 3.63) is 78.0 Å². The Morgan fingerprint density at radius 3 is 2.39 bits per heavy atom. The number of nitrogens with one attached hydrogen (secondary N) is 1. The molecule has 36 heavy (non-hydrogen) atoms. The van der Waals surface area contributed by atoms with Crippen LogP contribution in [-0.4, -0.2) is 40.1 Å². The monoisotopic (exact) mass is 518 g/mol. The highest BCUT2D eigenvalue weighted by Crippen LogP contribution is 2.39. The van der Waals surface area contributed by atoms with Crippen molar-refractivity contribution in [2.45, 2.75) is 37.7 Å². The lowest BCUT2D eigenvalue weighted by atomic mass is 10.1. The minimum atomic E-state index is -4.65. The van der Waals surface area contributed by atoms with E-state index in [1.54, 1.807) is 44.2 Å². The lowest BCUT2D eigenvalue weighted by Crippen LogP contribution is -2.37. The zero-order valence-corrected chi connectivity index (χ0v) is 20.0. The van der Waals surface area contributed by atoms with Crippen LogP contribution in [0.5, 0.6) is 5.75 Å². The Kier molecular flexibility index (Phi) is 6.93. The zero-order chi connectivity index (χ0) is 25.9. The second kappa shape index (κ2) is 9.93. The van der Waals surface area contributed by atoms with Crippen molar-refractivity contribution in [2.24, 2.45) is 0 Å². The van der Waals surface area contributed by atoms with Crippen LogP contribution in [0.2, 0.25) is 0 Å². The average molecular weight is 519 g/mol. The molecular formula is C23H21F3N6O3S. The van der Waals surface area contributed by atoms with Crippen LogP contribution >= 0.6 is 0 Å². The molecule has 0 fully saturated rings. The Hall–Kier alpha value is -4.00. The number of rotatable bonds is 8. The maximum atomic E-state index is 13.5. The number of hydrogen-bond donors (Lipinski definition) is 1. The summed E-state index contributed by atoms with van der Waals surface area (Å²) in [6.45, 7) is 3.10. The minimum Gasteiger partial charge on any atom is -0.487 e. The SMILES string of the molecule is CC(C)N(c1ccc(C(F)(F)F)cc1OCc1ccc(-c2nn[nH]n2)cc1)S(=O)(=O)c1ccccn1. The highest BCUT2D eigenvalue weighted by atomic mass is 32.2. The van der Waals surface area contributed by atoms with Crippen LogP contribution in [0.4, 0.5) is 18.9 Å². The molecule has 188 valence electrons. The molecule has 9 nitrogen and oxygen atoms in total. The Bertz CT molecular complexity index is 1410. The fourth-order valence-electron chi connectivity index (χ4n) is 3.47. The first-order valence-corrected chi connectivity index (χ1v) is 12.1. The zero-order valence-electron chi connectivity index (χ0n) is 19.1. The van der Waals surface area contributed by atoms with Gasteiger partial charge in [0.05, 0.1) is 11.3 Å². The molecule has 0 unspecified atom stereocenters. The molecule has 0 spiro atoms. The number of anilines is 1. The van der Waals surface area contributed by atoms with Crippen molar-refractivity contribution >= 4 is 15.7 Å². The predicted molar refractivity (Wildman–Crippen MR) is 124 cm³/mol. The van der Waals surface area contributed by atoms with Gasteiger partial charge in [-0.2, -0.15) is 26.8 Å². The van der Waals surface area contributed by atoms with Crippen molar-refractivity contribution in [3.63, 3.8) is 0 Å². The van der Waals surface area contributed by atoms with Gasteiger partial charge in [0.25, 0.3) is 10.0 Å². The number of tetrazole rings is 1. The molecule has 0 amide bonds. The lowest BCUT2D eigenvalue weighted by Gasteiger charge is -2.29. The lowest BCUT2D eigenvalue weighted by molar-refractivity contribution is -0.137. The maximum Gasteiger partial charge on any atom is 0.416 e. The third-order valence-corrected chi connectivity index (χ3v) is 7.01. The number of aromatic amines is 1. The summed E-state index contributed by atoms with van der Waals surface area (Å²) in [6, 6.07) is 13.3. The van der Waals surface area contributed by atoms with Crippen molar-refractivity contribution < 1.29 is 26.3 Å². The first-order valence-electron chi connectivity index (χ1n) is 10.7. The summed E-state index contributed by atoms with van der Waals surface area (Å²) in [5.41, 5.74) is 0.314. The number of benzene rings is 2. The first-order chi connectivity index (χ1) is 17.1. The molecular weight excluding hydrogens is 497 g/mol. The van der Waals surface area contributed by atoms with Crippen LogP contribution in [0.3, 0.4) is 0 Å². The molecule has 0 aliphatic carbocycles. The Balaban J connectivity index is 1.70. The number of hydrogen-bond acceptors (Lipinski definition) is 7. The van der Waals surface area contributed by atoms with Crippen LogP contribution in [0, 0.1) is 0 Å². The van der Waals surface area contributed by atoms with Crippen molar-refractivity contribution in [2.75, 3.05) is 4.31 Å². The number of pyridine rings is 1. The standard InChI is InChI=1S/C23H21F3N6O3S/c1-15(2)32(36(33,34)21-5-3-4-12-27-21)19-11-10-18(23(24,25)26)13-20(19)35-14-16-6-8-17(9-7-16)22-28-30-31-29-22/h3-13,15H,14H2,1-2H3,(H,28,29,30,31). The van der Waals surface area contributed by atoms with Gasteiger partial charge >= 0.3 is 6.18 Å². The molecule has 1 N–H and O–H groups in total. The van der Waals surface area contributed by atoms with E-state index in [9.17, 15) is 21.6 Å². The number of halogens is 3. The summed E-state index contributed by atoms with van der Waals surface area (Å²) in [5.74, 6) is 0.148. The van der Waals surface area contributed by atoms with E-state index in [2.05, 4.69) is 25.6 Å². The number of sulfonamides is 1. The second-order valence-electron chi connectivity index (χ2n) is 7.96. The van der Waals surface area contributed by atoms with Gasteiger partial charge in [-0.1, -0.05) is 30.3 Å². The van der Waals surface area contributed by atoms with E-state index in [0.29, 0.717) is 17.0 Å². The maximum absolute atomic E-state index is 13.5. The smallest absolute Gasteiger partial charge is 0.416 e. The number of ether oxygens (including phenoxy) is 1. The van der Waals surface area contributed by atoms with Crippen molar-refractivity contribution in [1.29, 1.82) is 0 Å². The van der Waals surface area contributed by atoms with E-state index in [4.69, 9.17) is 4.74 Å². The molecule has 2 aromatic heterocycles. The summed E-state index contributed by atoms with van der Waals surface area (Å²) in [4.78, 5) is 3.92. The fraction of sp³-hybridized carbons (Fsp3) is 0.217. The van der Waals surface area contributed by atoms with Gasteiger partial charge < -0.3 is 4.74 Å². The van der Waals surface area contributed by atoms with Gasteiger partial charge in [0.2, 0.25) is 5.82 Å². The highest BCUT2D eigenvalue weighted by molar-refractivity contribution is 7.92. The molecule has 2 aromatic carbocycles. The van der Waals surface area contributed by atoms with Crippen molar-refractivity contribution in [1.82, 2.24) is 25.6 Å². The van der Waals surface area contributed by atoms with Gasteiger partial charge in [-0.15, -0.1) is 10.2 Å². The summed E-state index contributed by atoms with van der Waals surface area (Å²) in [5, 5.41) is 13.4. The fourth-order valence-corrected chi connectivity index (χ4v) is 5.08. The summed E-state index contributed by atoms with van der Waals surface area (Å²) in [6.07, 6.45) is -3.32. The van der Waals surface area contributed by atoms with Gasteiger partial charge in [0, 0.05) is 17.8 Å². The van der Waals surface area contributed by atoms with E-state index in [-0.39, 0.29) is 23.1 Å².